The Morgan fingerprint density at radius 2 is 2.32 bits per heavy atom. The van der Waals surface area contributed by atoms with Gasteiger partial charge in [-0.2, -0.15) is 0 Å². The van der Waals surface area contributed by atoms with Gasteiger partial charge in [0.2, 0.25) is 0 Å². The Hall–Kier alpha value is -2.08. The number of carbonyl (C=O) groups is 1. The summed E-state index contributed by atoms with van der Waals surface area (Å²) in [6.07, 6.45) is 2.53. The minimum Gasteiger partial charge on any atom is -0.476 e. The van der Waals surface area contributed by atoms with E-state index in [1.165, 1.54) is 0 Å². The number of nitrogens with zero attached hydrogens (tertiary/aromatic N) is 3. The Labute approximate surface area is 111 Å². The van der Waals surface area contributed by atoms with Crippen LogP contribution in [0.3, 0.4) is 0 Å². The molecule has 0 unspecified atom stereocenters. The lowest BCUT2D eigenvalue weighted by molar-refractivity contribution is 0.0690. The van der Waals surface area contributed by atoms with Crippen LogP contribution in [-0.2, 0) is 4.74 Å². The molecule has 6 heteroatoms. The first-order chi connectivity index (χ1) is 9.15. The zero-order valence-electron chi connectivity index (χ0n) is 11.0. The van der Waals surface area contributed by atoms with Crippen molar-refractivity contribution in [1.29, 1.82) is 0 Å². The number of imidazole rings is 1. The molecule has 0 aliphatic carbocycles. The average molecular weight is 263 g/mol. The van der Waals surface area contributed by atoms with E-state index in [2.05, 4.69) is 4.98 Å². The molecule has 2 heterocycles. The average Bonchev–Trinajstić information content (AvgIpc) is 2.78. The van der Waals surface area contributed by atoms with Gasteiger partial charge in [0.15, 0.2) is 11.5 Å². The van der Waals surface area contributed by atoms with Crippen LogP contribution >= 0.6 is 0 Å². The number of hydrogen-bond donors (Lipinski definition) is 1. The van der Waals surface area contributed by atoms with Gasteiger partial charge in [0.1, 0.15) is 5.65 Å². The largest absolute Gasteiger partial charge is 0.476 e. The molecule has 0 aromatic carbocycles. The lowest BCUT2D eigenvalue weighted by Gasteiger charge is -2.16. The molecule has 0 saturated heterocycles. The van der Waals surface area contributed by atoms with Crippen LogP contribution in [0.15, 0.2) is 24.4 Å². The molecular weight excluding hydrogens is 246 g/mol. The fourth-order valence-corrected chi connectivity index (χ4v) is 2.00. The summed E-state index contributed by atoms with van der Waals surface area (Å²) in [5.74, 6) is -0.498. The predicted octanol–water partition coefficient (Wildman–Crippen LogP) is 1.51. The van der Waals surface area contributed by atoms with Gasteiger partial charge in [0.25, 0.3) is 0 Å². The number of carboxylic acids is 1. The number of fused-ring (bicyclic) bond motifs is 1. The summed E-state index contributed by atoms with van der Waals surface area (Å²) in [6, 6.07) is 5.41. The zero-order valence-corrected chi connectivity index (χ0v) is 11.0. The van der Waals surface area contributed by atoms with Crippen LogP contribution in [0.25, 0.3) is 5.65 Å². The number of hydrogen-bond acceptors (Lipinski definition) is 4. The van der Waals surface area contributed by atoms with Gasteiger partial charge >= 0.3 is 5.97 Å². The Bertz CT molecular complexity index is 580. The number of aromatic nitrogens is 2. The van der Waals surface area contributed by atoms with Crippen molar-refractivity contribution < 1.29 is 14.6 Å². The molecule has 0 radical (unpaired) electrons. The van der Waals surface area contributed by atoms with E-state index >= 15 is 0 Å². The van der Waals surface area contributed by atoms with Crippen molar-refractivity contribution in [3.8, 4) is 0 Å². The molecule has 0 atom stereocenters. The predicted molar refractivity (Wildman–Crippen MR) is 71.9 cm³/mol. The first kappa shape index (κ1) is 13.4. The van der Waals surface area contributed by atoms with Gasteiger partial charge in [-0.05, 0) is 18.6 Å². The molecule has 2 aromatic heterocycles. The third kappa shape index (κ3) is 2.68. The molecule has 0 spiro atoms. The smallest absolute Gasteiger partial charge is 0.356 e. The van der Waals surface area contributed by atoms with Gasteiger partial charge in [0, 0.05) is 33.5 Å². The molecule has 0 bridgehead atoms. The maximum Gasteiger partial charge on any atom is 0.356 e. The second-order valence-electron chi connectivity index (χ2n) is 4.29. The molecule has 1 N–H and O–H groups in total. The van der Waals surface area contributed by atoms with Gasteiger partial charge in [-0.1, -0.05) is 6.07 Å². The van der Waals surface area contributed by atoms with Gasteiger partial charge in [-0.25, -0.2) is 9.78 Å². The Morgan fingerprint density at radius 3 is 3.00 bits per heavy atom. The fraction of sp³-hybridized carbons (Fsp3) is 0.385. The van der Waals surface area contributed by atoms with Crippen molar-refractivity contribution in [2.75, 3.05) is 32.2 Å². The molecule has 0 saturated carbocycles. The normalized spacial score (nSPS) is 10.8. The SMILES string of the molecule is COCCCN(C)c1nc2ccccn2c1C(=O)O. The van der Waals surface area contributed by atoms with E-state index in [1.807, 2.05) is 18.0 Å². The first-order valence-corrected chi connectivity index (χ1v) is 6.05. The standard InChI is InChI=1S/C13H17N3O3/c1-15(7-5-9-19-2)12-11(13(17)18)16-8-4-3-6-10(16)14-12/h3-4,6,8H,5,7,9H2,1-2H3,(H,17,18). The fourth-order valence-electron chi connectivity index (χ4n) is 2.00. The highest BCUT2D eigenvalue weighted by atomic mass is 16.5. The van der Waals surface area contributed by atoms with Crippen LogP contribution in [0, 0.1) is 0 Å². The number of pyridine rings is 1. The Morgan fingerprint density at radius 1 is 1.53 bits per heavy atom. The number of ether oxygens (including phenoxy) is 1. The summed E-state index contributed by atoms with van der Waals surface area (Å²) in [5, 5.41) is 9.36. The summed E-state index contributed by atoms with van der Waals surface area (Å²) in [5.41, 5.74) is 0.823. The van der Waals surface area contributed by atoms with Crippen LogP contribution in [0.4, 0.5) is 5.82 Å². The number of methoxy groups -OCH3 is 1. The molecule has 0 fully saturated rings. The number of anilines is 1. The summed E-state index contributed by atoms with van der Waals surface area (Å²) in [7, 11) is 3.48. The molecule has 102 valence electrons. The van der Waals surface area contributed by atoms with Crippen molar-refractivity contribution in [3.05, 3.63) is 30.1 Å². The van der Waals surface area contributed by atoms with Crippen molar-refractivity contribution >= 4 is 17.4 Å². The topological polar surface area (TPSA) is 67.1 Å². The Kier molecular flexibility index (Phi) is 4.01. The Balaban J connectivity index is 2.36. The van der Waals surface area contributed by atoms with Crippen molar-refractivity contribution in [2.45, 2.75) is 6.42 Å². The van der Waals surface area contributed by atoms with Crippen LogP contribution < -0.4 is 4.90 Å². The summed E-state index contributed by atoms with van der Waals surface area (Å²) >= 11 is 0. The summed E-state index contributed by atoms with van der Waals surface area (Å²) < 4.78 is 6.58. The second-order valence-corrected chi connectivity index (χ2v) is 4.29. The highest BCUT2D eigenvalue weighted by molar-refractivity contribution is 5.93. The van der Waals surface area contributed by atoms with Gasteiger partial charge in [-0.3, -0.25) is 4.40 Å². The van der Waals surface area contributed by atoms with E-state index in [1.54, 1.807) is 29.8 Å². The highest BCUT2D eigenvalue weighted by Gasteiger charge is 2.20. The minimum absolute atomic E-state index is 0.190. The first-order valence-electron chi connectivity index (χ1n) is 6.05. The van der Waals surface area contributed by atoms with E-state index in [-0.39, 0.29) is 5.69 Å². The number of carboxylic acid groups (broad SMARTS) is 1. The molecule has 0 amide bonds. The lowest BCUT2D eigenvalue weighted by Crippen LogP contribution is -2.22. The molecule has 0 aliphatic rings. The summed E-state index contributed by atoms with van der Waals surface area (Å²) in [4.78, 5) is 17.6. The van der Waals surface area contributed by atoms with Crippen LogP contribution in [0.5, 0.6) is 0 Å². The van der Waals surface area contributed by atoms with E-state index in [4.69, 9.17) is 4.74 Å². The third-order valence-electron chi connectivity index (χ3n) is 2.92. The maximum atomic E-state index is 11.4. The van der Waals surface area contributed by atoms with Gasteiger partial charge in [0.05, 0.1) is 0 Å². The summed E-state index contributed by atoms with van der Waals surface area (Å²) in [6.45, 7) is 1.33. The maximum absolute atomic E-state index is 11.4. The van der Waals surface area contributed by atoms with E-state index in [0.717, 1.165) is 6.42 Å². The van der Waals surface area contributed by atoms with Crippen LogP contribution in [0.1, 0.15) is 16.9 Å². The van der Waals surface area contributed by atoms with E-state index in [9.17, 15) is 9.90 Å². The van der Waals surface area contributed by atoms with Gasteiger partial charge < -0.3 is 14.7 Å². The van der Waals surface area contributed by atoms with Gasteiger partial charge in [-0.15, -0.1) is 0 Å². The lowest BCUT2D eigenvalue weighted by atomic mass is 10.3. The quantitative estimate of drug-likeness (QED) is 0.800. The van der Waals surface area contributed by atoms with Crippen molar-refractivity contribution in [1.82, 2.24) is 9.38 Å². The monoisotopic (exact) mass is 263 g/mol. The van der Waals surface area contributed by atoms with E-state index in [0.29, 0.717) is 24.6 Å². The third-order valence-corrected chi connectivity index (χ3v) is 2.92. The highest BCUT2D eigenvalue weighted by Crippen LogP contribution is 2.20. The number of rotatable bonds is 6. The number of aromatic carboxylic acids is 1. The molecule has 0 aliphatic heterocycles. The second kappa shape index (κ2) is 5.71. The molecule has 2 aromatic rings. The molecule has 6 nitrogen and oxygen atoms in total. The minimum atomic E-state index is -0.979. The van der Waals surface area contributed by atoms with Crippen LogP contribution in [0.2, 0.25) is 0 Å². The molecule has 19 heavy (non-hydrogen) atoms. The zero-order chi connectivity index (χ0) is 13.8. The van der Waals surface area contributed by atoms with Crippen LogP contribution in [-0.4, -0.2) is 47.8 Å². The molecular formula is C13H17N3O3. The molecule has 2 rings (SSSR count). The van der Waals surface area contributed by atoms with Crippen molar-refractivity contribution in [3.63, 3.8) is 0 Å². The van der Waals surface area contributed by atoms with Crippen molar-refractivity contribution in [2.24, 2.45) is 0 Å². The van der Waals surface area contributed by atoms with E-state index < -0.39 is 5.97 Å².